The highest BCUT2D eigenvalue weighted by Gasteiger charge is 2.07. The van der Waals surface area contributed by atoms with Crippen LogP contribution in [-0.2, 0) is 22.7 Å². The van der Waals surface area contributed by atoms with E-state index in [2.05, 4.69) is 34.2 Å². The minimum absolute atomic E-state index is 0.0357. The van der Waals surface area contributed by atoms with E-state index in [1.54, 1.807) is 11.8 Å². The molecular weight excluding hydrogens is 386 g/mol. The van der Waals surface area contributed by atoms with Crippen molar-refractivity contribution in [2.45, 2.75) is 31.9 Å². The Labute approximate surface area is 156 Å². The van der Waals surface area contributed by atoms with Gasteiger partial charge in [-0.3, -0.25) is 4.79 Å². The number of ether oxygens (including phenoxy) is 1. The van der Waals surface area contributed by atoms with Gasteiger partial charge in [0.25, 0.3) is 0 Å². The zero-order valence-electron chi connectivity index (χ0n) is 14.0. The maximum absolute atomic E-state index is 12.1. The SMILES string of the molecule is CCOCc1ccccc1CNC(=O)CSc1ccc(Br)cc1C. The van der Waals surface area contributed by atoms with E-state index in [9.17, 15) is 4.79 Å². The first-order valence-electron chi connectivity index (χ1n) is 7.90. The van der Waals surface area contributed by atoms with Gasteiger partial charge in [-0.25, -0.2) is 0 Å². The Hall–Kier alpha value is -1.30. The van der Waals surface area contributed by atoms with E-state index in [4.69, 9.17) is 4.74 Å². The van der Waals surface area contributed by atoms with Gasteiger partial charge in [0.1, 0.15) is 0 Å². The molecule has 0 bridgehead atoms. The van der Waals surface area contributed by atoms with Crippen molar-refractivity contribution in [1.29, 1.82) is 0 Å². The molecule has 0 aliphatic carbocycles. The van der Waals surface area contributed by atoms with E-state index in [0.29, 0.717) is 25.5 Å². The summed E-state index contributed by atoms with van der Waals surface area (Å²) in [6, 6.07) is 14.1. The molecular formula is C19H22BrNO2S. The topological polar surface area (TPSA) is 38.3 Å². The Morgan fingerprint density at radius 1 is 1.21 bits per heavy atom. The van der Waals surface area contributed by atoms with Gasteiger partial charge in [-0.2, -0.15) is 0 Å². The average Bonchev–Trinajstić information content (AvgIpc) is 2.58. The molecule has 24 heavy (non-hydrogen) atoms. The molecule has 0 radical (unpaired) electrons. The molecule has 0 fully saturated rings. The van der Waals surface area contributed by atoms with Crippen LogP contribution in [0.4, 0.5) is 0 Å². The summed E-state index contributed by atoms with van der Waals surface area (Å²) < 4.78 is 6.53. The molecule has 0 aliphatic rings. The highest BCUT2D eigenvalue weighted by molar-refractivity contribution is 9.10. The molecule has 0 unspecified atom stereocenters. The molecule has 0 atom stereocenters. The lowest BCUT2D eigenvalue weighted by atomic mass is 10.1. The van der Waals surface area contributed by atoms with Crippen LogP contribution in [0.5, 0.6) is 0 Å². The van der Waals surface area contributed by atoms with Crippen LogP contribution in [0.1, 0.15) is 23.6 Å². The molecule has 0 aliphatic heterocycles. The zero-order chi connectivity index (χ0) is 17.4. The largest absolute Gasteiger partial charge is 0.377 e. The number of aryl methyl sites for hydroxylation is 1. The lowest BCUT2D eigenvalue weighted by Crippen LogP contribution is -2.25. The summed E-state index contributed by atoms with van der Waals surface area (Å²) in [6.07, 6.45) is 0. The second kappa shape index (κ2) is 9.87. The number of halogens is 1. The fourth-order valence-corrected chi connectivity index (χ4v) is 3.56. The fraction of sp³-hybridized carbons (Fsp3) is 0.316. The highest BCUT2D eigenvalue weighted by atomic mass is 79.9. The van der Waals surface area contributed by atoms with E-state index < -0.39 is 0 Å². The van der Waals surface area contributed by atoms with Crippen molar-refractivity contribution >= 4 is 33.6 Å². The van der Waals surface area contributed by atoms with Crippen LogP contribution in [0, 0.1) is 6.92 Å². The van der Waals surface area contributed by atoms with Crippen LogP contribution in [0.3, 0.4) is 0 Å². The van der Waals surface area contributed by atoms with E-state index in [1.807, 2.05) is 43.3 Å². The first kappa shape index (κ1) is 19.0. The number of nitrogens with one attached hydrogen (secondary N) is 1. The average molecular weight is 408 g/mol. The predicted octanol–water partition coefficient (Wildman–Crippen LogP) is 4.70. The molecule has 2 rings (SSSR count). The van der Waals surface area contributed by atoms with Gasteiger partial charge in [0.15, 0.2) is 0 Å². The van der Waals surface area contributed by atoms with Crippen LogP contribution in [0.25, 0.3) is 0 Å². The summed E-state index contributed by atoms with van der Waals surface area (Å²) in [5.74, 6) is 0.448. The number of carbonyl (C=O) groups is 1. The standard InChI is InChI=1S/C19H22BrNO2S/c1-3-23-12-16-7-5-4-6-15(16)11-21-19(22)13-24-18-9-8-17(20)10-14(18)2/h4-10H,3,11-13H2,1-2H3,(H,21,22). The van der Waals surface area contributed by atoms with Crippen LogP contribution < -0.4 is 5.32 Å². The van der Waals surface area contributed by atoms with Crippen LogP contribution >= 0.6 is 27.7 Å². The Bertz CT molecular complexity index is 691. The van der Waals surface area contributed by atoms with E-state index in [1.165, 1.54) is 5.56 Å². The van der Waals surface area contributed by atoms with Gasteiger partial charge in [0, 0.05) is 22.5 Å². The maximum Gasteiger partial charge on any atom is 0.230 e. The number of hydrogen-bond acceptors (Lipinski definition) is 3. The van der Waals surface area contributed by atoms with E-state index >= 15 is 0 Å². The van der Waals surface area contributed by atoms with E-state index in [0.717, 1.165) is 20.5 Å². The number of benzene rings is 2. The molecule has 2 aromatic carbocycles. The fourth-order valence-electron chi connectivity index (χ4n) is 2.25. The van der Waals surface area contributed by atoms with Gasteiger partial charge in [-0.05, 0) is 48.7 Å². The molecule has 128 valence electrons. The monoisotopic (exact) mass is 407 g/mol. The lowest BCUT2D eigenvalue weighted by molar-refractivity contribution is -0.118. The molecule has 0 heterocycles. The van der Waals surface area contributed by atoms with Crippen molar-refractivity contribution in [3.63, 3.8) is 0 Å². The first-order valence-corrected chi connectivity index (χ1v) is 9.68. The van der Waals surface area contributed by atoms with Gasteiger partial charge in [-0.15, -0.1) is 11.8 Å². The Balaban J connectivity index is 1.85. The molecule has 0 aromatic heterocycles. The van der Waals surface area contributed by atoms with Gasteiger partial charge in [0.05, 0.1) is 12.4 Å². The summed E-state index contributed by atoms with van der Waals surface area (Å²) in [4.78, 5) is 13.3. The predicted molar refractivity (Wildman–Crippen MR) is 103 cm³/mol. The third-order valence-corrected chi connectivity index (χ3v) is 5.22. The summed E-state index contributed by atoms with van der Waals surface area (Å²) >= 11 is 5.01. The van der Waals surface area contributed by atoms with Crippen molar-refractivity contribution in [2.24, 2.45) is 0 Å². The normalized spacial score (nSPS) is 10.6. The van der Waals surface area contributed by atoms with Gasteiger partial charge in [0.2, 0.25) is 5.91 Å². The smallest absolute Gasteiger partial charge is 0.230 e. The molecule has 3 nitrogen and oxygen atoms in total. The van der Waals surface area contributed by atoms with Crippen molar-refractivity contribution in [1.82, 2.24) is 5.32 Å². The number of rotatable bonds is 8. The quantitative estimate of drug-likeness (QED) is 0.644. The van der Waals surface area contributed by atoms with Crippen LogP contribution in [0.15, 0.2) is 51.8 Å². The number of carbonyl (C=O) groups excluding carboxylic acids is 1. The molecule has 0 spiro atoms. The Morgan fingerprint density at radius 2 is 1.96 bits per heavy atom. The molecule has 1 N–H and O–H groups in total. The number of amides is 1. The number of thioether (sulfide) groups is 1. The lowest BCUT2D eigenvalue weighted by Gasteiger charge is -2.11. The van der Waals surface area contributed by atoms with Crippen LogP contribution in [-0.4, -0.2) is 18.3 Å². The second-order valence-corrected chi connectivity index (χ2v) is 7.31. The third kappa shape index (κ3) is 5.96. The van der Waals surface area contributed by atoms with Gasteiger partial charge >= 0.3 is 0 Å². The van der Waals surface area contributed by atoms with Crippen molar-refractivity contribution in [3.05, 3.63) is 63.6 Å². The second-order valence-electron chi connectivity index (χ2n) is 5.38. The summed E-state index contributed by atoms with van der Waals surface area (Å²) in [7, 11) is 0. The molecule has 2 aromatic rings. The van der Waals surface area contributed by atoms with Crippen LogP contribution in [0.2, 0.25) is 0 Å². The van der Waals surface area contributed by atoms with Gasteiger partial charge in [-0.1, -0.05) is 40.2 Å². The maximum atomic E-state index is 12.1. The molecule has 0 saturated heterocycles. The highest BCUT2D eigenvalue weighted by Crippen LogP contribution is 2.25. The number of hydrogen-bond donors (Lipinski definition) is 1. The van der Waals surface area contributed by atoms with Gasteiger partial charge < -0.3 is 10.1 Å². The third-order valence-electron chi connectivity index (χ3n) is 3.55. The van der Waals surface area contributed by atoms with Crippen molar-refractivity contribution < 1.29 is 9.53 Å². The molecule has 1 amide bonds. The van der Waals surface area contributed by atoms with E-state index in [-0.39, 0.29) is 5.91 Å². The summed E-state index contributed by atoms with van der Waals surface area (Å²) in [6.45, 7) is 5.82. The Morgan fingerprint density at radius 3 is 2.67 bits per heavy atom. The summed E-state index contributed by atoms with van der Waals surface area (Å²) in [5, 5.41) is 2.99. The van der Waals surface area contributed by atoms with Crippen molar-refractivity contribution in [2.75, 3.05) is 12.4 Å². The first-order chi connectivity index (χ1) is 11.6. The Kier molecular flexibility index (Phi) is 7.82. The minimum Gasteiger partial charge on any atom is -0.377 e. The van der Waals surface area contributed by atoms with Crippen molar-refractivity contribution in [3.8, 4) is 0 Å². The minimum atomic E-state index is 0.0357. The summed E-state index contributed by atoms with van der Waals surface area (Å²) in [5.41, 5.74) is 3.39. The zero-order valence-corrected chi connectivity index (χ0v) is 16.4. The molecule has 0 saturated carbocycles. The molecule has 5 heteroatoms.